The maximum atomic E-state index is 11.8. The number of carbonyl (C=O) groups excluding carboxylic acids is 1. The van der Waals surface area contributed by atoms with Crippen LogP contribution in [0.4, 0.5) is 0 Å². The number of nitrogens with zero attached hydrogens (tertiary/aromatic N) is 3. The van der Waals surface area contributed by atoms with Crippen molar-refractivity contribution in [1.29, 1.82) is 0 Å². The normalized spacial score (nSPS) is 11.0. The minimum atomic E-state index is -0.0227. The van der Waals surface area contributed by atoms with E-state index in [9.17, 15) is 4.79 Å². The van der Waals surface area contributed by atoms with Crippen molar-refractivity contribution in [3.05, 3.63) is 41.6 Å². The van der Waals surface area contributed by atoms with E-state index >= 15 is 0 Å². The summed E-state index contributed by atoms with van der Waals surface area (Å²) in [7, 11) is 3.81. The molecule has 0 bridgehead atoms. The van der Waals surface area contributed by atoms with Gasteiger partial charge in [0.05, 0.1) is 25.0 Å². The summed E-state index contributed by atoms with van der Waals surface area (Å²) < 4.78 is 6.95. The van der Waals surface area contributed by atoms with Crippen LogP contribution in [-0.4, -0.2) is 34.2 Å². The van der Waals surface area contributed by atoms with Crippen LogP contribution >= 0.6 is 0 Å². The van der Waals surface area contributed by atoms with Gasteiger partial charge in [0.25, 0.3) is 0 Å². The monoisotopic (exact) mass is 276 g/mol. The van der Waals surface area contributed by atoms with Gasteiger partial charge in [0.15, 0.2) is 0 Å². The lowest BCUT2D eigenvalue weighted by Crippen LogP contribution is -2.34. The Bertz CT molecular complexity index is 560. The van der Waals surface area contributed by atoms with E-state index in [-0.39, 0.29) is 5.91 Å². The van der Waals surface area contributed by atoms with E-state index in [1.165, 1.54) is 0 Å². The zero-order valence-corrected chi connectivity index (χ0v) is 12.1. The maximum Gasteiger partial charge on any atom is 0.234 e. The van der Waals surface area contributed by atoms with Crippen molar-refractivity contribution in [3.63, 3.8) is 0 Å². The molecule has 2 aromatic rings. The fraction of sp³-hybridized carbons (Fsp3) is 0.429. The second-order valence-electron chi connectivity index (χ2n) is 4.94. The summed E-state index contributed by atoms with van der Waals surface area (Å²) in [4.78, 5) is 13.8. The number of furan rings is 1. The quantitative estimate of drug-likeness (QED) is 0.857. The molecule has 2 rings (SSSR count). The van der Waals surface area contributed by atoms with Gasteiger partial charge in [0, 0.05) is 25.4 Å². The van der Waals surface area contributed by atoms with Crippen LogP contribution in [0.1, 0.15) is 17.0 Å². The van der Waals surface area contributed by atoms with E-state index in [1.54, 1.807) is 17.0 Å². The van der Waals surface area contributed by atoms with Crippen molar-refractivity contribution in [2.75, 3.05) is 13.6 Å². The van der Waals surface area contributed by atoms with E-state index in [4.69, 9.17) is 4.42 Å². The molecule has 0 aliphatic rings. The van der Waals surface area contributed by atoms with Gasteiger partial charge in [-0.1, -0.05) is 0 Å². The molecule has 0 saturated heterocycles. The lowest BCUT2D eigenvalue weighted by atomic mass is 10.2. The molecule has 108 valence electrons. The molecule has 6 nitrogen and oxygen atoms in total. The highest BCUT2D eigenvalue weighted by Gasteiger charge is 2.10. The van der Waals surface area contributed by atoms with E-state index in [0.29, 0.717) is 19.6 Å². The fourth-order valence-electron chi connectivity index (χ4n) is 2.05. The second-order valence-corrected chi connectivity index (χ2v) is 4.94. The third kappa shape index (κ3) is 3.96. The van der Waals surface area contributed by atoms with E-state index in [1.807, 2.05) is 38.2 Å². The molecule has 0 radical (unpaired) electrons. The van der Waals surface area contributed by atoms with E-state index < -0.39 is 0 Å². The molecule has 0 aliphatic carbocycles. The Labute approximate surface area is 118 Å². The lowest BCUT2D eigenvalue weighted by Gasteiger charge is -2.15. The highest BCUT2D eigenvalue weighted by molar-refractivity contribution is 5.77. The maximum absolute atomic E-state index is 11.8. The highest BCUT2D eigenvalue weighted by Crippen LogP contribution is 2.07. The Balaban J connectivity index is 1.77. The topological polar surface area (TPSA) is 63.3 Å². The van der Waals surface area contributed by atoms with Crippen LogP contribution in [0.5, 0.6) is 0 Å². The standard InChI is InChI=1S/C14H20N4O2/c1-11-12(9-18(3)16-11)8-17(2)10-14(19)15-7-13-5-4-6-20-13/h4-6,9H,7-8,10H2,1-3H3,(H,15,19). The summed E-state index contributed by atoms with van der Waals surface area (Å²) in [5.74, 6) is 0.731. The summed E-state index contributed by atoms with van der Waals surface area (Å²) in [6.07, 6.45) is 3.57. The van der Waals surface area contributed by atoms with Crippen molar-refractivity contribution >= 4 is 5.91 Å². The summed E-state index contributed by atoms with van der Waals surface area (Å²) in [6, 6.07) is 3.64. The number of likely N-dealkylation sites (N-methyl/N-ethyl adjacent to an activating group) is 1. The number of amides is 1. The van der Waals surface area contributed by atoms with Crippen molar-refractivity contribution in [1.82, 2.24) is 20.0 Å². The molecular formula is C14H20N4O2. The van der Waals surface area contributed by atoms with Crippen LogP contribution < -0.4 is 5.32 Å². The molecule has 0 atom stereocenters. The Morgan fingerprint density at radius 3 is 2.95 bits per heavy atom. The molecule has 2 aromatic heterocycles. The molecule has 6 heteroatoms. The highest BCUT2D eigenvalue weighted by atomic mass is 16.3. The first-order valence-electron chi connectivity index (χ1n) is 6.51. The molecule has 0 spiro atoms. The first kappa shape index (κ1) is 14.3. The minimum Gasteiger partial charge on any atom is -0.467 e. The van der Waals surface area contributed by atoms with E-state index in [2.05, 4.69) is 10.4 Å². The van der Waals surface area contributed by atoms with E-state index in [0.717, 1.165) is 17.0 Å². The van der Waals surface area contributed by atoms with Gasteiger partial charge in [-0.25, -0.2) is 0 Å². The molecule has 0 unspecified atom stereocenters. The van der Waals surface area contributed by atoms with Crippen molar-refractivity contribution < 1.29 is 9.21 Å². The summed E-state index contributed by atoms with van der Waals surface area (Å²) in [5, 5.41) is 7.12. The average Bonchev–Trinajstić information content (AvgIpc) is 2.97. The van der Waals surface area contributed by atoms with Crippen molar-refractivity contribution in [2.24, 2.45) is 7.05 Å². The first-order chi connectivity index (χ1) is 9.54. The molecule has 1 N–H and O–H groups in total. The van der Waals surface area contributed by atoms with Crippen LogP contribution in [0.25, 0.3) is 0 Å². The Hall–Kier alpha value is -2.08. The molecule has 1 amide bonds. The van der Waals surface area contributed by atoms with Gasteiger partial charge in [-0.05, 0) is 26.1 Å². The van der Waals surface area contributed by atoms with Crippen molar-refractivity contribution in [2.45, 2.75) is 20.0 Å². The molecular weight excluding hydrogens is 256 g/mol. The van der Waals surface area contributed by atoms with Gasteiger partial charge < -0.3 is 9.73 Å². The predicted molar refractivity (Wildman–Crippen MR) is 74.8 cm³/mol. The molecule has 2 heterocycles. The Kier molecular flexibility index (Phi) is 4.57. The fourth-order valence-corrected chi connectivity index (χ4v) is 2.05. The van der Waals surface area contributed by atoms with Crippen LogP contribution in [0.3, 0.4) is 0 Å². The molecule has 0 aromatic carbocycles. The third-order valence-corrected chi connectivity index (χ3v) is 3.01. The number of hydrogen-bond donors (Lipinski definition) is 1. The van der Waals surface area contributed by atoms with Gasteiger partial charge in [0.2, 0.25) is 5.91 Å². The lowest BCUT2D eigenvalue weighted by molar-refractivity contribution is -0.122. The summed E-state index contributed by atoms with van der Waals surface area (Å²) >= 11 is 0. The second kappa shape index (κ2) is 6.38. The van der Waals surface area contributed by atoms with Crippen LogP contribution in [0, 0.1) is 6.92 Å². The van der Waals surface area contributed by atoms with Crippen LogP contribution in [0.15, 0.2) is 29.0 Å². The Morgan fingerprint density at radius 1 is 1.55 bits per heavy atom. The number of carbonyl (C=O) groups is 1. The summed E-state index contributed by atoms with van der Waals surface area (Å²) in [5.41, 5.74) is 2.13. The average molecular weight is 276 g/mol. The summed E-state index contributed by atoms with van der Waals surface area (Å²) in [6.45, 7) is 3.44. The molecule has 20 heavy (non-hydrogen) atoms. The number of nitrogens with one attached hydrogen (secondary N) is 1. The van der Waals surface area contributed by atoms with Crippen molar-refractivity contribution in [3.8, 4) is 0 Å². The number of aromatic nitrogens is 2. The zero-order valence-electron chi connectivity index (χ0n) is 12.1. The predicted octanol–water partition coefficient (Wildman–Crippen LogP) is 1.07. The van der Waals surface area contributed by atoms with Crippen LogP contribution in [0.2, 0.25) is 0 Å². The number of rotatable bonds is 6. The smallest absolute Gasteiger partial charge is 0.234 e. The zero-order chi connectivity index (χ0) is 14.5. The van der Waals surface area contributed by atoms with Gasteiger partial charge in [-0.3, -0.25) is 14.4 Å². The third-order valence-electron chi connectivity index (χ3n) is 3.01. The van der Waals surface area contributed by atoms with Gasteiger partial charge in [-0.15, -0.1) is 0 Å². The largest absolute Gasteiger partial charge is 0.467 e. The SMILES string of the molecule is Cc1nn(C)cc1CN(C)CC(=O)NCc1ccco1. The number of hydrogen-bond acceptors (Lipinski definition) is 4. The first-order valence-corrected chi connectivity index (χ1v) is 6.51. The molecule has 0 saturated carbocycles. The number of aryl methyl sites for hydroxylation is 2. The Morgan fingerprint density at radius 2 is 2.35 bits per heavy atom. The molecule has 0 fully saturated rings. The van der Waals surface area contributed by atoms with Gasteiger partial charge in [0.1, 0.15) is 5.76 Å². The van der Waals surface area contributed by atoms with Crippen LogP contribution in [-0.2, 0) is 24.9 Å². The van der Waals surface area contributed by atoms with Gasteiger partial charge >= 0.3 is 0 Å². The minimum absolute atomic E-state index is 0.0227. The molecule has 0 aliphatic heterocycles. The van der Waals surface area contributed by atoms with Gasteiger partial charge in [-0.2, -0.15) is 5.10 Å².